The first-order valence-electron chi connectivity index (χ1n) is 11.1. The number of likely N-dealkylation sites (tertiary alicyclic amines) is 1. The molecule has 2 fully saturated rings. The van der Waals surface area contributed by atoms with Gasteiger partial charge in [-0.2, -0.15) is 0 Å². The summed E-state index contributed by atoms with van der Waals surface area (Å²) in [4.78, 5) is 39.0. The van der Waals surface area contributed by atoms with E-state index in [1.807, 2.05) is 37.3 Å². The minimum Gasteiger partial charge on any atom is -0.457 e. The van der Waals surface area contributed by atoms with Crippen LogP contribution < -0.4 is 15.8 Å². The molecule has 32 heavy (non-hydrogen) atoms. The summed E-state index contributed by atoms with van der Waals surface area (Å²) in [7, 11) is 0. The molecule has 4 rings (SSSR count). The van der Waals surface area contributed by atoms with E-state index < -0.39 is 11.9 Å². The van der Waals surface area contributed by atoms with Gasteiger partial charge in [0.05, 0.1) is 6.54 Å². The Morgan fingerprint density at radius 3 is 2.50 bits per heavy atom. The van der Waals surface area contributed by atoms with E-state index in [-0.39, 0.29) is 23.8 Å². The Balaban J connectivity index is 1.37. The van der Waals surface area contributed by atoms with Crippen LogP contribution in [0.3, 0.4) is 0 Å². The van der Waals surface area contributed by atoms with E-state index in [1.54, 1.807) is 23.1 Å². The third-order valence-electron chi connectivity index (χ3n) is 6.63. The van der Waals surface area contributed by atoms with Crippen molar-refractivity contribution in [2.75, 3.05) is 13.1 Å². The van der Waals surface area contributed by atoms with E-state index in [4.69, 9.17) is 10.5 Å². The SMILES string of the molecule is Cc1cc(C(=O)NCC(=O)N2CC3(CCCC3)CC2C(N)=O)ccc1Oc1ccccc1. The molecule has 168 valence electrons. The highest BCUT2D eigenvalue weighted by atomic mass is 16.5. The van der Waals surface area contributed by atoms with Gasteiger partial charge in [0.15, 0.2) is 0 Å². The van der Waals surface area contributed by atoms with Crippen molar-refractivity contribution < 1.29 is 19.1 Å². The van der Waals surface area contributed by atoms with Crippen molar-refractivity contribution in [2.24, 2.45) is 11.1 Å². The molecule has 7 heteroatoms. The highest BCUT2D eigenvalue weighted by molar-refractivity contribution is 5.97. The zero-order valence-corrected chi connectivity index (χ0v) is 18.3. The van der Waals surface area contributed by atoms with Crippen LogP contribution in [0, 0.1) is 12.3 Å². The molecule has 2 aliphatic rings. The number of aryl methyl sites for hydroxylation is 1. The Morgan fingerprint density at radius 2 is 1.84 bits per heavy atom. The maximum Gasteiger partial charge on any atom is 0.251 e. The number of ether oxygens (including phenoxy) is 1. The molecule has 2 aromatic rings. The van der Waals surface area contributed by atoms with E-state index in [9.17, 15) is 14.4 Å². The second kappa shape index (κ2) is 9.02. The van der Waals surface area contributed by atoms with Crippen LogP contribution in [0.15, 0.2) is 48.5 Å². The van der Waals surface area contributed by atoms with Gasteiger partial charge in [-0.05, 0) is 67.5 Å². The van der Waals surface area contributed by atoms with Crippen LogP contribution in [0.4, 0.5) is 0 Å². The third kappa shape index (κ3) is 4.61. The maximum atomic E-state index is 12.8. The van der Waals surface area contributed by atoms with Crippen LogP contribution in [0.2, 0.25) is 0 Å². The molecule has 1 saturated heterocycles. The van der Waals surface area contributed by atoms with Crippen molar-refractivity contribution in [3.63, 3.8) is 0 Å². The lowest BCUT2D eigenvalue weighted by Crippen LogP contribution is -2.47. The van der Waals surface area contributed by atoms with E-state index >= 15 is 0 Å². The molecule has 0 bridgehead atoms. The smallest absolute Gasteiger partial charge is 0.251 e. The first-order valence-corrected chi connectivity index (χ1v) is 11.1. The third-order valence-corrected chi connectivity index (χ3v) is 6.63. The fourth-order valence-electron chi connectivity index (χ4n) is 4.94. The monoisotopic (exact) mass is 435 g/mol. The summed E-state index contributed by atoms with van der Waals surface area (Å²) in [6, 6.07) is 14.0. The molecule has 3 N–H and O–H groups in total. The Bertz CT molecular complexity index is 1020. The lowest BCUT2D eigenvalue weighted by Gasteiger charge is -2.24. The zero-order chi connectivity index (χ0) is 22.7. The molecular weight excluding hydrogens is 406 g/mol. The van der Waals surface area contributed by atoms with Crippen LogP contribution >= 0.6 is 0 Å². The molecule has 2 aromatic carbocycles. The lowest BCUT2D eigenvalue weighted by molar-refractivity contribution is -0.136. The van der Waals surface area contributed by atoms with Crippen LogP contribution in [-0.2, 0) is 9.59 Å². The number of rotatable bonds is 6. The van der Waals surface area contributed by atoms with Gasteiger partial charge >= 0.3 is 0 Å². The molecule has 1 aliphatic heterocycles. The van der Waals surface area contributed by atoms with Crippen molar-refractivity contribution in [2.45, 2.75) is 45.1 Å². The summed E-state index contributed by atoms with van der Waals surface area (Å²) in [6.45, 7) is 2.24. The fourth-order valence-corrected chi connectivity index (χ4v) is 4.94. The molecule has 0 radical (unpaired) electrons. The number of carbonyl (C=O) groups excluding carboxylic acids is 3. The number of hydrogen-bond donors (Lipinski definition) is 2. The topological polar surface area (TPSA) is 102 Å². The van der Waals surface area contributed by atoms with Gasteiger partial charge in [-0.25, -0.2) is 0 Å². The molecule has 1 heterocycles. The molecule has 1 unspecified atom stereocenters. The van der Waals surface area contributed by atoms with Gasteiger partial charge < -0.3 is 20.7 Å². The van der Waals surface area contributed by atoms with Crippen molar-refractivity contribution in [1.82, 2.24) is 10.2 Å². The minimum atomic E-state index is -0.589. The molecular formula is C25H29N3O4. The van der Waals surface area contributed by atoms with Crippen molar-refractivity contribution >= 4 is 17.7 Å². The molecule has 7 nitrogen and oxygen atoms in total. The van der Waals surface area contributed by atoms with Gasteiger partial charge in [-0.15, -0.1) is 0 Å². The second-order valence-corrected chi connectivity index (χ2v) is 8.93. The average Bonchev–Trinajstić information content (AvgIpc) is 3.41. The largest absolute Gasteiger partial charge is 0.457 e. The summed E-state index contributed by atoms with van der Waals surface area (Å²) >= 11 is 0. The van der Waals surface area contributed by atoms with E-state index in [0.29, 0.717) is 30.0 Å². The predicted octanol–water partition coefficient (Wildman–Crippen LogP) is 3.16. The molecule has 1 spiro atoms. The molecule has 1 aliphatic carbocycles. The molecule has 1 atom stereocenters. The highest BCUT2D eigenvalue weighted by Crippen LogP contribution is 2.47. The van der Waals surface area contributed by atoms with Gasteiger partial charge in [-0.3, -0.25) is 14.4 Å². The highest BCUT2D eigenvalue weighted by Gasteiger charge is 2.48. The molecule has 3 amide bonds. The van der Waals surface area contributed by atoms with Crippen LogP contribution in [0.25, 0.3) is 0 Å². The Labute approximate surface area is 187 Å². The number of amides is 3. The van der Waals surface area contributed by atoms with Crippen LogP contribution in [-0.4, -0.2) is 41.8 Å². The first-order chi connectivity index (χ1) is 15.4. The number of hydrogen-bond acceptors (Lipinski definition) is 4. The van der Waals surface area contributed by atoms with Gasteiger partial charge in [0.1, 0.15) is 17.5 Å². The predicted molar refractivity (Wildman–Crippen MR) is 120 cm³/mol. The number of benzene rings is 2. The van der Waals surface area contributed by atoms with E-state index in [2.05, 4.69) is 5.32 Å². The Kier molecular flexibility index (Phi) is 6.17. The van der Waals surface area contributed by atoms with Crippen molar-refractivity contribution in [3.8, 4) is 11.5 Å². The van der Waals surface area contributed by atoms with Gasteiger partial charge in [-0.1, -0.05) is 31.0 Å². The Hall–Kier alpha value is -3.35. The van der Waals surface area contributed by atoms with Gasteiger partial charge in [0.25, 0.3) is 5.91 Å². The average molecular weight is 436 g/mol. The number of nitrogens with two attached hydrogens (primary N) is 1. The first kappa shape index (κ1) is 21.9. The number of primary amides is 1. The number of para-hydroxylation sites is 1. The summed E-state index contributed by atoms with van der Waals surface area (Å²) in [6.07, 6.45) is 4.90. The summed E-state index contributed by atoms with van der Waals surface area (Å²) in [5, 5.41) is 2.69. The summed E-state index contributed by atoms with van der Waals surface area (Å²) in [5.41, 5.74) is 6.83. The van der Waals surface area contributed by atoms with Gasteiger partial charge in [0, 0.05) is 12.1 Å². The minimum absolute atomic E-state index is 0.00502. The van der Waals surface area contributed by atoms with Crippen molar-refractivity contribution in [1.29, 1.82) is 0 Å². The fraction of sp³-hybridized carbons (Fsp3) is 0.400. The Morgan fingerprint density at radius 1 is 1.12 bits per heavy atom. The second-order valence-electron chi connectivity index (χ2n) is 8.93. The standard InChI is InChI=1S/C25H29N3O4/c1-17-13-18(9-10-21(17)32-19-7-3-2-4-8-19)24(31)27-15-22(29)28-16-25(11-5-6-12-25)14-20(28)23(26)30/h2-4,7-10,13,20H,5-6,11-12,14-16H2,1H3,(H2,26,30)(H,27,31). The van der Waals surface area contributed by atoms with E-state index in [0.717, 1.165) is 31.2 Å². The van der Waals surface area contributed by atoms with Crippen LogP contribution in [0.5, 0.6) is 11.5 Å². The quantitative estimate of drug-likeness (QED) is 0.728. The summed E-state index contributed by atoms with van der Waals surface area (Å²) in [5.74, 6) is 0.281. The van der Waals surface area contributed by atoms with Crippen molar-refractivity contribution in [3.05, 3.63) is 59.7 Å². The normalized spacial score (nSPS) is 19.2. The number of nitrogens with zero attached hydrogens (tertiary/aromatic N) is 1. The summed E-state index contributed by atoms with van der Waals surface area (Å²) < 4.78 is 5.85. The lowest BCUT2D eigenvalue weighted by atomic mass is 9.84. The van der Waals surface area contributed by atoms with Gasteiger partial charge in [0.2, 0.25) is 11.8 Å². The molecule has 1 saturated carbocycles. The van der Waals surface area contributed by atoms with Crippen LogP contribution in [0.1, 0.15) is 48.0 Å². The maximum absolute atomic E-state index is 12.8. The molecule has 0 aromatic heterocycles. The zero-order valence-electron chi connectivity index (χ0n) is 18.3. The number of nitrogens with one attached hydrogen (secondary N) is 1. The number of carbonyl (C=O) groups is 3. The van der Waals surface area contributed by atoms with E-state index in [1.165, 1.54) is 0 Å².